The molecule has 1 aromatic rings. The first-order valence-electron chi connectivity index (χ1n) is 10.4. The fourth-order valence-electron chi connectivity index (χ4n) is 3.61. The molecule has 0 bridgehead atoms. The van der Waals surface area contributed by atoms with Crippen molar-refractivity contribution in [3.8, 4) is 12.3 Å². The molecule has 1 rings (SSSR count). The molecular formula is C25H35FO3. The lowest BCUT2D eigenvalue weighted by molar-refractivity contribution is 0.00236. The molecule has 0 fully saturated rings. The summed E-state index contributed by atoms with van der Waals surface area (Å²) in [6.45, 7) is 8.76. The standard InChI is InChI=1S/C25H35FO3/c1-6-7-8-15-25(17-27,16-9-10-23(19(2)3)20(4)5)18-29-24(28)21-11-13-22(26)14-12-21/h1,10-14,19-20,27H,7-9,15-18H2,2-5H3/t25-/m1/s1. The summed E-state index contributed by atoms with van der Waals surface area (Å²) in [5, 5.41) is 10.2. The van der Waals surface area contributed by atoms with Gasteiger partial charge in [-0.1, -0.05) is 39.3 Å². The van der Waals surface area contributed by atoms with E-state index >= 15 is 0 Å². The minimum Gasteiger partial charge on any atom is -0.461 e. The average Bonchev–Trinajstić information content (AvgIpc) is 2.68. The van der Waals surface area contributed by atoms with Gasteiger partial charge >= 0.3 is 5.97 Å². The Morgan fingerprint density at radius 2 is 1.83 bits per heavy atom. The van der Waals surface area contributed by atoms with Crippen LogP contribution in [0.15, 0.2) is 35.9 Å². The van der Waals surface area contributed by atoms with Crippen LogP contribution in [0.4, 0.5) is 4.39 Å². The fraction of sp³-hybridized carbons (Fsp3) is 0.560. The van der Waals surface area contributed by atoms with Gasteiger partial charge in [0.05, 0.1) is 18.8 Å². The number of carbonyl (C=O) groups excluding carboxylic acids is 1. The highest BCUT2D eigenvalue weighted by atomic mass is 19.1. The Morgan fingerprint density at radius 1 is 1.21 bits per heavy atom. The first kappa shape index (κ1) is 24.9. The van der Waals surface area contributed by atoms with E-state index in [1.165, 1.54) is 29.8 Å². The van der Waals surface area contributed by atoms with Crippen LogP contribution in [0.3, 0.4) is 0 Å². The van der Waals surface area contributed by atoms with Gasteiger partial charge in [0.2, 0.25) is 0 Å². The number of benzene rings is 1. The lowest BCUT2D eigenvalue weighted by Gasteiger charge is -2.31. The average molecular weight is 403 g/mol. The van der Waals surface area contributed by atoms with Crippen molar-refractivity contribution in [3.63, 3.8) is 0 Å². The van der Waals surface area contributed by atoms with Crippen molar-refractivity contribution in [2.75, 3.05) is 13.2 Å². The smallest absolute Gasteiger partial charge is 0.338 e. The largest absolute Gasteiger partial charge is 0.461 e. The molecule has 0 aromatic heterocycles. The van der Waals surface area contributed by atoms with Crippen LogP contribution in [0.25, 0.3) is 0 Å². The van der Waals surface area contributed by atoms with Crippen LogP contribution >= 0.6 is 0 Å². The number of carbonyl (C=O) groups is 1. The van der Waals surface area contributed by atoms with Crippen molar-refractivity contribution >= 4 is 5.97 Å². The molecule has 0 saturated heterocycles. The van der Waals surface area contributed by atoms with Crippen LogP contribution in [0, 0.1) is 35.4 Å². The van der Waals surface area contributed by atoms with Crippen LogP contribution in [-0.4, -0.2) is 24.3 Å². The van der Waals surface area contributed by atoms with Crippen LogP contribution in [0.5, 0.6) is 0 Å². The van der Waals surface area contributed by atoms with Crippen molar-refractivity contribution in [1.29, 1.82) is 0 Å². The maximum absolute atomic E-state index is 13.1. The molecule has 160 valence electrons. The van der Waals surface area contributed by atoms with Crippen molar-refractivity contribution in [2.24, 2.45) is 17.3 Å². The van der Waals surface area contributed by atoms with Crippen LogP contribution < -0.4 is 0 Å². The molecule has 0 amide bonds. The van der Waals surface area contributed by atoms with Gasteiger partial charge < -0.3 is 9.84 Å². The lowest BCUT2D eigenvalue weighted by Crippen LogP contribution is -2.32. The Bertz CT molecular complexity index is 688. The number of aliphatic hydroxyl groups is 1. The van der Waals surface area contributed by atoms with E-state index in [4.69, 9.17) is 11.2 Å². The Hall–Kier alpha value is -2.12. The predicted molar refractivity (Wildman–Crippen MR) is 116 cm³/mol. The molecule has 0 radical (unpaired) electrons. The molecule has 0 unspecified atom stereocenters. The first-order valence-corrected chi connectivity index (χ1v) is 10.4. The summed E-state index contributed by atoms with van der Waals surface area (Å²) in [6, 6.07) is 5.26. The molecule has 29 heavy (non-hydrogen) atoms. The number of unbranched alkanes of at least 4 members (excludes halogenated alkanes) is 1. The highest BCUT2D eigenvalue weighted by molar-refractivity contribution is 5.89. The van der Waals surface area contributed by atoms with Crippen molar-refractivity contribution in [1.82, 2.24) is 0 Å². The Balaban J connectivity index is 2.87. The van der Waals surface area contributed by atoms with E-state index in [0.717, 1.165) is 12.8 Å². The molecule has 0 spiro atoms. The number of esters is 1. The van der Waals surface area contributed by atoms with Gasteiger partial charge in [-0.05, 0) is 61.8 Å². The third kappa shape index (κ3) is 8.41. The zero-order valence-corrected chi connectivity index (χ0v) is 18.2. The summed E-state index contributed by atoms with van der Waals surface area (Å²) >= 11 is 0. The lowest BCUT2D eigenvalue weighted by atomic mass is 9.79. The molecular weight excluding hydrogens is 367 g/mol. The SMILES string of the molecule is C#CCCC[C@](CO)(CCC=C(C(C)C)C(C)C)COC(=O)c1ccc(F)cc1. The maximum atomic E-state index is 13.1. The molecule has 0 aliphatic rings. The zero-order valence-electron chi connectivity index (χ0n) is 18.2. The number of aliphatic hydroxyl groups excluding tert-OH is 1. The number of terminal acetylenes is 1. The molecule has 0 aliphatic carbocycles. The summed E-state index contributed by atoms with van der Waals surface area (Å²) < 4.78 is 18.6. The highest BCUT2D eigenvalue weighted by Gasteiger charge is 2.30. The minimum atomic E-state index is -0.540. The minimum absolute atomic E-state index is 0.0825. The summed E-state index contributed by atoms with van der Waals surface area (Å²) in [5.41, 5.74) is 1.15. The third-order valence-electron chi connectivity index (χ3n) is 5.34. The van der Waals surface area contributed by atoms with E-state index in [-0.39, 0.29) is 13.2 Å². The molecule has 1 aromatic carbocycles. The second-order valence-corrected chi connectivity index (χ2v) is 8.35. The van der Waals surface area contributed by atoms with E-state index in [9.17, 15) is 14.3 Å². The van der Waals surface area contributed by atoms with Crippen LogP contribution in [0.1, 0.15) is 70.2 Å². The number of ether oxygens (including phenoxy) is 1. The number of rotatable bonds is 12. The number of hydrogen-bond donors (Lipinski definition) is 1. The third-order valence-corrected chi connectivity index (χ3v) is 5.34. The van der Waals surface area contributed by atoms with E-state index in [1.54, 1.807) is 0 Å². The molecule has 1 N–H and O–H groups in total. The highest BCUT2D eigenvalue weighted by Crippen LogP contribution is 2.32. The van der Waals surface area contributed by atoms with Crippen LogP contribution in [-0.2, 0) is 4.74 Å². The number of allylic oxidation sites excluding steroid dienone is 2. The van der Waals surface area contributed by atoms with E-state index in [0.29, 0.717) is 36.7 Å². The maximum Gasteiger partial charge on any atom is 0.338 e. The van der Waals surface area contributed by atoms with Gasteiger partial charge in [0.15, 0.2) is 0 Å². The van der Waals surface area contributed by atoms with Crippen molar-refractivity contribution in [3.05, 3.63) is 47.3 Å². The number of halogens is 1. The Labute approximate surface area is 175 Å². The molecule has 0 aliphatic heterocycles. The second kappa shape index (κ2) is 12.4. The zero-order chi connectivity index (χ0) is 21.9. The Morgan fingerprint density at radius 3 is 2.34 bits per heavy atom. The molecule has 3 nitrogen and oxygen atoms in total. The molecule has 0 heterocycles. The van der Waals surface area contributed by atoms with Gasteiger partial charge in [-0.3, -0.25) is 0 Å². The monoisotopic (exact) mass is 402 g/mol. The van der Waals surface area contributed by atoms with E-state index < -0.39 is 17.2 Å². The Kier molecular flexibility index (Phi) is 10.7. The summed E-state index contributed by atoms with van der Waals surface area (Å²) in [5.74, 6) is 2.65. The molecule has 1 atom stereocenters. The summed E-state index contributed by atoms with van der Waals surface area (Å²) in [4.78, 5) is 12.3. The topological polar surface area (TPSA) is 46.5 Å². The van der Waals surface area contributed by atoms with Gasteiger partial charge in [-0.2, -0.15) is 0 Å². The van der Waals surface area contributed by atoms with Gasteiger partial charge in [0.1, 0.15) is 5.82 Å². The second-order valence-electron chi connectivity index (χ2n) is 8.35. The van der Waals surface area contributed by atoms with Gasteiger partial charge in [0.25, 0.3) is 0 Å². The van der Waals surface area contributed by atoms with Gasteiger partial charge in [0, 0.05) is 11.8 Å². The predicted octanol–water partition coefficient (Wildman–Crippen LogP) is 5.78. The quantitative estimate of drug-likeness (QED) is 0.208. The van der Waals surface area contributed by atoms with Crippen LogP contribution in [0.2, 0.25) is 0 Å². The van der Waals surface area contributed by atoms with E-state index in [1.807, 2.05) is 0 Å². The fourth-order valence-corrected chi connectivity index (χ4v) is 3.61. The van der Waals surface area contributed by atoms with Crippen molar-refractivity contribution in [2.45, 2.75) is 59.8 Å². The normalized spacial score (nSPS) is 13.1. The first-order chi connectivity index (χ1) is 13.7. The summed E-state index contributed by atoms with van der Waals surface area (Å²) in [7, 11) is 0. The molecule has 0 saturated carbocycles. The van der Waals surface area contributed by atoms with Gasteiger partial charge in [-0.15, -0.1) is 12.3 Å². The number of hydrogen-bond acceptors (Lipinski definition) is 3. The summed E-state index contributed by atoms with van der Waals surface area (Å²) in [6.07, 6.45) is 11.2. The van der Waals surface area contributed by atoms with Gasteiger partial charge in [-0.25, -0.2) is 9.18 Å². The van der Waals surface area contributed by atoms with E-state index in [2.05, 4.69) is 39.7 Å². The van der Waals surface area contributed by atoms with Crippen molar-refractivity contribution < 1.29 is 19.0 Å². The molecule has 4 heteroatoms.